The van der Waals surface area contributed by atoms with Crippen LogP contribution in [0, 0.1) is 37.1 Å². The highest BCUT2D eigenvalue weighted by atomic mass is 35.5. The number of carboxylic acid groups (broad SMARTS) is 1. The summed E-state index contributed by atoms with van der Waals surface area (Å²) >= 11 is 11.6. The zero-order valence-corrected chi connectivity index (χ0v) is 34.7. The summed E-state index contributed by atoms with van der Waals surface area (Å²) in [5.41, 5.74) is 14.4. The van der Waals surface area contributed by atoms with E-state index in [-0.39, 0.29) is 78.7 Å². The Kier molecular flexibility index (Phi) is 16.2. The minimum Gasteiger partial charge on any atom is -0.478 e. The molecular weight excluding hydrogens is 879 g/mol. The number of hydrogen-bond acceptors (Lipinski definition) is 11. The van der Waals surface area contributed by atoms with Crippen LogP contribution in [0.3, 0.4) is 0 Å². The van der Waals surface area contributed by atoms with Gasteiger partial charge in [-0.05, 0) is 97.8 Å². The van der Waals surface area contributed by atoms with Crippen molar-refractivity contribution < 1.29 is 60.8 Å². The number of amides is 3. The van der Waals surface area contributed by atoms with Gasteiger partial charge in [0.15, 0.2) is 11.5 Å². The quantitative estimate of drug-likeness (QED) is 0.0466. The van der Waals surface area contributed by atoms with Crippen molar-refractivity contribution in [2.75, 3.05) is 25.3 Å². The summed E-state index contributed by atoms with van der Waals surface area (Å²) in [5.74, 6) is -7.30. The Morgan fingerprint density at radius 2 is 1.05 bits per heavy atom. The third-order valence-corrected chi connectivity index (χ3v) is 8.62. The molecule has 0 saturated carbocycles. The van der Waals surface area contributed by atoms with Crippen molar-refractivity contribution >= 4 is 58.3 Å². The van der Waals surface area contributed by atoms with Crippen LogP contribution in [0.25, 0.3) is 0 Å². The highest BCUT2D eigenvalue weighted by Gasteiger charge is 2.24. The molecule has 0 atom stereocenters. The molecule has 0 aliphatic heterocycles. The number of pyridine rings is 2. The number of nitrogens with two attached hydrogens (primary N) is 3. The van der Waals surface area contributed by atoms with Crippen LogP contribution in [-0.4, -0.2) is 53.0 Å². The number of aromatic carboxylic acids is 1. The van der Waals surface area contributed by atoms with Crippen molar-refractivity contribution in [3.63, 3.8) is 0 Å². The average Bonchev–Trinajstić information content (AvgIpc) is 3.22. The summed E-state index contributed by atoms with van der Waals surface area (Å²) in [5, 5.41) is 11.8. The Labute approximate surface area is 365 Å². The van der Waals surface area contributed by atoms with E-state index in [1.807, 2.05) is 0 Å². The van der Waals surface area contributed by atoms with Gasteiger partial charge in [-0.25, -0.2) is 22.4 Å². The number of ether oxygens (including phenoxy) is 4. The number of aromatic nitrogens is 2. The Morgan fingerprint density at radius 1 is 0.619 bits per heavy atom. The van der Waals surface area contributed by atoms with Crippen LogP contribution in [0.5, 0.6) is 34.8 Å². The van der Waals surface area contributed by atoms with Crippen molar-refractivity contribution in [2.45, 2.75) is 13.8 Å². The second-order valence-corrected chi connectivity index (χ2v) is 13.3. The summed E-state index contributed by atoms with van der Waals surface area (Å²) < 4.78 is 76.7. The number of nitrogens with one attached hydrogen (secondary N) is 1. The maximum atomic E-state index is 14.9. The first-order valence-corrected chi connectivity index (χ1v) is 18.4. The average molecular weight is 914 g/mol. The van der Waals surface area contributed by atoms with E-state index in [0.717, 1.165) is 18.2 Å². The number of nitrogens with zero attached hydrogens (tertiary/aromatic N) is 2. The van der Waals surface area contributed by atoms with E-state index < -0.39 is 58.1 Å². The smallest absolute Gasteiger partial charge is 0.342 e. The van der Waals surface area contributed by atoms with E-state index in [2.05, 4.69) is 15.3 Å². The van der Waals surface area contributed by atoms with Gasteiger partial charge in [0.25, 0.3) is 29.5 Å². The first-order chi connectivity index (χ1) is 29.7. The highest BCUT2D eigenvalue weighted by molar-refractivity contribution is 6.29. The van der Waals surface area contributed by atoms with Gasteiger partial charge in [-0.15, -0.1) is 0 Å². The molecule has 6 aromatic rings. The summed E-state index contributed by atoms with van der Waals surface area (Å²) in [7, 11) is 2.71. The second-order valence-electron chi connectivity index (χ2n) is 12.5. The van der Waals surface area contributed by atoms with Crippen molar-refractivity contribution in [3.05, 3.63) is 152 Å². The number of carbonyl (C=O) groups is 4. The normalized spacial score (nSPS) is 10.3. The van der Waals surface area contributed by atoms with Gasteiger partial charge in [0.05, 0.1) is 25.3 Å². The van der Waals surface area contributed by atoms with E-state index in [4.69, 9.17) is 64.5 Å². The maximum Gasteiger partial charge on any atom is 0.342 e. The molecule has 0 bridgehead atoms. The summed E-state index contributed by atoms with van der Waals surface area (Å²) in [6, 6.07) is 18.4. The van der Waals surface area contributed by atoms with Crippen LogP contribution in [0.4, 0.5) is 28.9 Å². The van der Waals surface area contributed by atoms with Gasteiger partial charge >= 0.3 is 5.97 Å². The van der Waals surface area contributed by atoms with Gasteiger partial charge in [0.2, 0.25) is 0 Å². The monoisotopic (exact) mass is 912 g/mol. The third kappa shape index (κ3) is 12.2. The third-order valence-electron chi connectivity index (χ3n) is 8.19. The number of benzene rings is 4. The molecule has 0 aliphatic carbocycles. The van der Waals surface area contributed by atoms with E-state index in [1.165, 1.54) is 94.8 Å². The fourth-order valence-corrected chi connectivity index (χ4v) is 5.40. The molecule has 21 heteroatoms. The Balaban J connectivity index is 0.000000233. The van der Waals surface area contributed by atoms with Gasteiger partial charge in [-0.3, -0.25) is 14.4 Å². The molecule has 2 aromatic heterocycles. The van der Waals surface area contributed by atoms with Gasteiger partial charge in [0.1, 0.15) is 56.2 Å². The molecular formula is C42H34Cl2F4N6O9. The number of carbonyl (C=O) groups excluding carboxylic acids is 3. The summed E-state index contributed by atoms with van der Waals surface area (Å²) in [6.45, 7) is 2.94. The van der Waals surface area contributed by atoms with Gasteiger partial charge in [-0.1, -0.05) is 35.3 Å². The summed E-state index contributed by atoms with van der Waals surface area (Å²) in [4.78, 5) is 53.5. The zero-order valence-electron chi connectivity index (χ0n) is 33.2. The van der Waals surface area contributed by atoms with Crippen LogP contribution < -0.4 is 41.5 Å². The van der Waals surface area contributed by atoms with E-state index in [9.17, 15) is 36.7 Å². The molecule has 2 heterocycles. The first-order valence-electron chi connectivity index (χ1n) is 17.6. The molecule has 0 fully saturated rings. The largest absolute Gasteiger partial charge is 0.478 e. The zero-order chi connectivity index (χ0) is 46.7. The van der Waals surface area contributed by atoms with Crippen molar-refractivity contribution in [1.29, 1.82) is 0 Å². The highest BCUT2D eigenvalue weighted by Crippen LogP contribution is 2.36. The molecule has 63 heavy (non-hydrogen) atoms. The van der Waals surface area contributed by atoms with Crippen molar-refractivity contribution in [2.24, 2.45) is 11.5 Å². The van der Waals surface area contributed by atoms with Gasteiger partial charge in [-0.2, -0.15) is 9.97 Å². The lowest BCUT2D eigenvalue weighted by molar-refractivity contribution is 0.0687. The molecule has 15 nitrogen and oxygen atoms in total. The molecule has 0 spiro atoms. The van der Waals surface area contributed by atoms with Crippen LogP contribution >= 0.6 is 23.2 Å². The maximum absolute atomic E-state index is 14.9. The lowest BCUT2D eigenvalue weighted by Gasteiger charge is -2.15. The summed E-state index contributed by atoms with van der Waals surface area (Å²) in [6.07, 6.45) is 0. The number of primary amides is 2. The number of rotatable bonds is 11. The molecule has 3 amide bonds. The number of anilines is 2. The molecule has 328 valence electrons. The predicted molar refractivity (Wildman–Crippen MR) is 223 cm³/mol. The SMILES string of the molecule is COc1nc(Cl)ccc1Oc1ccc(C)c(F)c1C(=O)Nc1ccc(C(N)=O)c(F)c1.COc1nc(Cl)ccc1Oc1ccc(C)c(F)c1C(=O)O.NC(=O)c1ccc(N)cc1F. The van der Waals surface area contributed by atoms with Crippen LogP contribution in [0.15, 0.2) is 84.9 Å². The number of halogens is 6. The lowest BCUT2D eigenvalue weighted by Crippen LogP contribution is -2.17. The van der Waals surface area contributed by atoms with Gasteiger partial charge in [0, 0.05) is 11.4 Å². The number of methoxy groups -OCH3 is 2. The van der Waals surface area contributed by atoms with E-state index in [0.29, 0.717) is 0 Å². The minimum absolute atomic E-state index is 0.00917. The topological polar surface area (TPSA) is 241 Å². The fraction of sp³-hybridized carbons (Fsp3) is 0.0952. The predicted octanol–water partition coefficient (Wildman–Crippen LogP) is 8.66. The number of hydrogen-bond donors (Lipinski definition) is 5. The van der Waals surface area contributed by atoms with Crippen LogP contribution in [0.1, 0.15) is 52.6 Å². The Hall–Kier alpha value is -7.64. The van der Waals surface area contributed by atoms with Crippen molar-refractivity contribution in [1.82, 2.24) is 9.97 Å². The minimum atomic E-state index is -1.42. The molecule has 4 aromatic carbocycles. The molecule has 0 saturated heterocycles. The molecule has 0 radical (unpaired) electrons. The fourth-order valence-electron chi connectivity index (χ4n) is 5.12. The number of aryl methyl sites for hydroxylation is 2. The Bertz CT molecular complexity index is 2730. The number of nitrogen functional groups attached to an aromatic ring is 1. The Morgan fingerprint density at radius 3 is 1.48 bits per heavy atom. The number of carboxylic acids is 1. The standard InChI is InChI=1S/C21H16ClF2N3O4.C14H11ClFNO4.C7H7FN2O/c1-10-3-6-14(31-15-7-8-16(22)27-21(15)30-2)17(18(10)24)20(29)26-11-4-5-12(19(25)28)13(23)9-11;1-7-3-4-8(11(12(7)16)14(18)19)21-9-5-6-10(15)17-13(9)20-2;8-6-3-4(9)1-2-5(6)7(10)11/h3-9H,1-2H3,(H2,25,28)(H,26,29);3-6H,1-2H3,(H,18,19);1-3H,9H2,(H2,10,11). The van der Waals surface area contributed by atoms with Crippen molar-refractivity contribution in [3.8, 4) is 34.8 Å². The molecule has 0 unspecified atom stereocenters. The van der Waals surface area contributed by atoms with Gasteiger partial charge < -0.3 is 46.6 Å². The molecule has 0 aliphatic rings. The molecule has 8 N–H and O–H groups in total. The molecule has 6 rings (SSSR count). The first kappa shape index (κ1) is 48.0. The van der Waals surface area contributed by atoms with E-state index in [1.54, 1.807) is 0 Å². The lowest BCUT2D eigenvalue weighted by atomic mass is 10.1. The van der Waals surface area contributed by atoms with E-state index >= 15 is 0 Å². The van der Waals surface area contributed by atoms with Crippen LogP contribution in [0.2, 0.25) is 10.3 Å². The second kappa shape index (κ2) is 21.2. The van der Waals surface area contributed by atoms with Crippen LogP contribution in [-0.2, 0) is 0 Å².